The van der Waals surface area contributed by atoms with E-state index in [0.29, 0.717) is 0 Å². The lowest BCUT2D eigenvalue weighted by molar-refractivity contribution is 0.508. The topological polar surface area (TPSA) is 42.7 Å². The highest BCUT2D eigenvalue weighted by Gasteiger charge is 2.18. The highest BCUT2D eigenvalue weighted by molar-refractivity contribution is 5.64. The van der Waals surface area contributed by atoms with Gasteiger partial charge in [-0.1, -0.05) is 18.2 Å². The molecule has 2 aromatic rings. The molecule has 0 spiro atoms. The van der Waals surface area contributed by atoms with Gasteiger partial charge in [0.05, 0.1) is 6.54 Å². The van der Waals surface area contributed by atoms with Gasteiger partial charge in [-0.15, -0.1) is 10.2 Å². The normalized spacial score (nSPS) is 14.7. The Kier molecular flexibility index (Phi) is 2.44. The van der Waals surface area contributed by atoms with Crippen LogP contribution in [-0.4, -0.2) is 21.3 Å². The molecule has 0 radical (unpaired) electrons. The molecule has 4 nitrogen and oxygen atoms in total. The predicted octanol–water partition coefficient (Wildman–Crippen LogP) is 1.67. The number of benzene rings is 1. The molecule has 3 rings (SSSR count). The summed E-state index contributed by atoms with van der Waals surface area (Å²) in [6, 6.07) is 6.35. The van der Waals surface area contributed by atoms with Crippen molar-refractivity contribution in [1.82, 2.24) is 20.1 Å². The van der Waals surface area contributed by atoms with Crippen LogP contribution in [0, 0.1) is 13.8 Å². The van der Waals surface area contributed by atoms with Crippen LogP contribution in [0.5, 0.6) is 0 Å². The molecule has 1 N–H and O–H groups in total. The Balaban J connectivity index is 2.19. The van der Waals surface area contributed by atoms with Crippen molar-refractivity contribution in [3.8, 4) is 11.4 Å². The molecule has 0 aliphatic carbocycles. The molecule has 88 valence electrons. The molecule has 0 atom stereocenters. The first kappa shape index (κ1) is 10.5. The lowest BCUT2D eigenvalue weighted by atomic mass is 10.0. The van der Waals surface area contributed by atoms with Crippen LogP contribution in [-0.2, 0) is 13.1 Å². The summed E-state index contributed by atoms with van der Waals surface area (Å²) in [6.45, 7) is 7.02. The van der Waals surface area contributed by atoms with Crippen LogP contribution in [0.1, 0.15) is 17.0 Å². The zero-order valence-corrected chi connectivity index (χ0v) is 10.2. The van der Waals surface area contributed by atoms with Gasteiger partial charge < -0.3 is 9.88 Å². The first-order valence-corrected chi connectivity index (χ1v) is 5.97. The van der Waals surface area contributed by atoms with Crippen LogP contribution in [0.4, 0.5) is 0 Å². The third-order valence-corrected chi connectivity index (χ3v) is 3.33. The highest BCUT2D eigenvalue weighted by Crippen LogP contribution is 2.26. The van der Waals surface area contributed by atoms with Gasteiger partial charge in [-0.25, -0.2) is 0 Å². The molecule has 0 saturated heterocycles. The summed E-state index contributed by atoms with van der Waals surface area (Å²) in [7, 11) is 0. The van der Waals surface area contributed by atoms with Gasteiger partial charge in [-0.05, 0) is 25.0 Å². The molecule has 1 aliphatic heterocycles. The number of nitrogens with one attached hydrogen (secondary N) is 1. The molecule has 1 aromatic carbocycles. The number of fused-ring (bicyclic) bond motifs is 1. The Morgan fingerprint density at radius 3 is 2.71 bits per heavy atom. The summed E-state index contributed by atoms with van der Waals surface area (Å²) < 4.78 is 2.23. The van der Waals surface area contributed by atoms with Gasteiger partial charge in [0.25, 0.3) is 0 Å². The number of aryl methyl sites for hydroxylation is 2. The molecule has 1 aromatic heterocycles. The fraction of sp³-hybridized carbons (Fsp3) is 0.385. The molecule has 0 saturated carbocycles. The number of nitrogens with zero attached hydrogens (tertiary/aromatic N) is 3. The predicted molar refractivity (Wildman–Crippen MR) is 66.6 cm³/mol. The average Bonchev–Trinajstić information content (AvgIpc) is 2.73. The molecule has 1 aliphatic rings. The van der Waals surface area contributed by atoms with Crippen molar-refractivity contribution in [2.45, 2.75) is 26.9 Å². The van der Waals surface area contributed by atoms with Crippen molar-refractivity contribution >= 4 is 0 Å². The van der Waals surface area contributed by atoms with E-state index < -0.39 is 0 Å². The summed E-state index contributed by atoms with van der Waals surface area (Å²) in [5.41, 5.74) is 3.76. The van der Waals surface area contributed by atoms with E-state index >= 15 is 0 Å². The van der Waals surface area contributed by atoms with Gasteiger partial charge in [0, 0.05) is 18.7 Å². The second-order valence-electron chi connectivity index (χ2n) is 4.54. The Morgan fingerprint density at radius 1 is 1.18 bits per heavy atom. The van der Waals surface area contributed by atoms with Crippen molar-refractivity contribution < 1.29 is 0 Å². The third-order valence-electron chi connectivity index (χ3n) is 3.33. The number of hydrogen-bond acceptors (Lipinski definition) is 3. The minimum atomic E-state index is 0.817. The van der Waals surface area contributed by atoms with Crippen molar-refractivity contribution in [3.63, 3.8) is 0 Å². The minimum absolute atomic E-state index is 0.817. The molecule has 0 bridgehead atoms. The molecule has 0 amide bonds. The SMILES string of the molecule is Cc1cccc(C)c1-c1nnc2n1CCNC2. The quantitative estimate of drug-likeness (QED) is 0.807. The lowest BCUT2D eigenvalue weighted by Gasteiger charge is -2.17. The molecule has 0 unspecified atom stereocenters. The van der Waals surface area contributed by atoms with Gasteiger partial charge in [0.1, 0.15) is 5.82 Å². The highest BCUT2D eigenvalue weighted by atomic mass is 15.3. The van der Waals surface area contributed by atoms with Crippen molar-refractivity contribution in [2.24, 2.45) is 0 Å². The Morgan fingerprint density at radius 2 is 1.94 bits per heavy atom. The molecular weight excluding hydrogens is 212 g/mol. The Hall–Kier alpha value is -1.68. The van der Waals surface area contributed by atoms with E-state index in [-0.39, 0.29) is 0 Å². The molecule has 17 heavy (non-hydrogen) atoms. The maximum absolute atomic E-state index is 4.36. The number of hydrogen-bond donors (Lipinski definition) is 1. The van der Waals surface area contributed by atoms with Crippen LogP contribution in [0.25, 0.3) is 11.4 Å². The van der Waals surface area contributed by atoms with E-state index in [4.69, 9.17) is 0 Å². The summed E-state index contributed by atoms with van der Waals surface area (Å²) in [5, 5.41) is 11.9. The second kappa shape index (κ2) is 3.96. The smallest absolute Gasteiger partial charge is 0.164 e. The van der Waals surface area contributed by atoms with Gasteiger partial charge in [0.2, 0.25) is 0 Å². The van der Waals surface area contributed by atoms with Gasteiger partial charge in [-0.3, -0.25) is 0 Å². The first-order valence-electron chi connectivity index (χ1n) is 5.97. The number of rotatable bonds is 1. The van der Waals surface area contributed by atoms with E-state index in [2.05, 4.69) is 52.1 Å². The van der Waals surface area contributed by atoms with E-state index in [1.165, 1.54) is 16.7 Å². The average molecular weight is 228 g/mol. The maximum Gasteiger partial charge on any atom is 0.164 e. The van der Waals surface area contributed by atoms with Gasteiger partial charge in [0.15, 0.2) is 5.82 Å². The molecule has 0 fully saturated rings. The van der Waals surface area contributed by atoms with Crippen LogP contribution in [0.2, 0.25) is 0 Å². The Bertz CT molecular complexity index is 536. The Labute approximate surface area is 101 Å². The van der Waals surface area contributed by atoms with E-state index in [1.54, 1.807) is 0 Å². The standard InChI is InChI=1S/C13H16N4/c1-9-4-3-5-10(2)12(9)13-16-15-11-8-14-6-7-17(11)13/h3-5,14H,6-8H2,1-2H3. The van der Waals surface area contributed by atoms with Gasteiger partial charge >= 0.3 is 0 Å². The first-order chi connectivity index (χ1) is 8.27. The van der Waals surface area contributed by atoms with Crippen LogP contribution in [0.3, 0.4) is 0 Å². The molecular formula is C13H16N4. The number of aromatic nitrogens is 3. The third kappa shape index (κ3) is 1.65. The molecule has 2 heterocycles. The van der Waals surface area contributed by atoms with E-state index in [9.17, 15) is 0 Å². The van der Waals surface area contributed by atoms with Crippen LogP contribution >= 0.6 is 0 Å². The minimum Gasteiger partial charge on any atom is -0.309 e. The summed E-state index contributed by atoms with van der Waals surface area (Å²) in [6.07, 6.45) is 0. The van der Waals surface area contributed by atoms with E-state index in [0.717, 1.165) is 31.3 Å². The summed E-state index contributed by atoms with van der Waals surface area (Å²) in [5.74, 6) is 2.05. The van der Waals surface area contributed by atoms with Crippen molar-refractivity contribution in [2.75, 3.05) is 6.54 Å². The van der Waals surface area contributed by atoms with E-state index in [1.807, 2.05) is 0 Å². The fourth-order valence-corrected chi connectivity index (χ4v) is 2.44. The van der Waals surface area contributed by atoms with Gasteiger partial charge in [-0.2, -0.15) is 0 Å². The zero-order chi connectivity index (χ0) is 11.8. The fourth-order valence-electron chi connectivity index (χ4n) is 2.44. The lowest BCUT2D eigenvalue weighted by Crippen LogP contribution is -2.28. The maximum atomic E-state index is 4.36. The largest absolute Gasteiger partial charge is 0.309 e. The van der Waals surface area contributed by atoms with Crippen molar-refractivity contribution in [1.29, 1.82) is 0 Å². The monoisotopic (exact) mass is 228 g/mol. The zero-order valence-electron chi connectivity index (χ0n) is 10.2. The molecule has 4 heteroatoms. The summed E-state index contributed by atoms with van der Waals surface area (Å²) in [4.78, 5) is 0. The summed E-state index contributed by atoms with van der Waals surface area (Å²) >= 11 is 0. The van der Waals surface area contributed by atoms with Crippen LogP contribution in [0.15, 0.2) is 18.2 Å². The van der Waals surface area contributed by atoms with Crippen molar-refractivity contribution in [3.05, 3.63) is 35.2 Å². The van der Waals surface area contributed by atoms with Crippen LogP contribution < -0.4 is 5.32 Å². The second-order valence-corrected chi connectivity index (χ2v) is 4.54.